The summed E-state index contributed by atoms with van der Waals surface area (Å²) in [5, 5.41) is 8.69. The Morgan fingerprint density at radius 2 is 2.18 bits per heavy atom. The van der Waals surface area contributed by atoms with Gasteiger partial charge < -0.3 is 15.3 Å². The third-order valence-corrected chi connectivity index (χ3v) is 2.12. The van der Waals surface area contributed by atoms with E-state index in [-0.39, 0.29) is 13.0 Å². The van der Waals surface area contributed by atoms with Crippen molar-refractivity contribution >= 4 is 17.6 Å². The van der Waals surface area contributed by atoms with Gasteiger partial charge in [0, 0.05) is 0 Å². The van der Waals surface area contributed by atoms with Crippen LogP contribution in [-0.4, -0.2) is 23.7 Å². The maximum Gasteiger partial charge on any atom is 0.338 e. The SMILES string of the molecule is CCOC(=O)c1ccc(CC(=O)O)c(NN)c1. The van der Waals surface area contributed by atoms with Crippen LogP contribution >= 0.6 is 0 Å². The van der Waals surface area contributed by atoms with Crippen LogP contribution in [0.25, 0.3) is 0 Å². The second-order valence-electron chi connectivity index (χ2n) is 3.31. The fourth-order valence-electron chi connectivity index (χ4n) is 1.37. The Labute approximate surface area is 98.3 Å². The zero-order valence-electron chi connectivity index (χ0n) is 9.40. The summed E-state index contributed by atoms with van der Waals surface area (Å²) in [5.41, 5.74) is 3.60. The Hall–Kier alpha value is -2.08. The minimum absolute atomic E-state index is 0.164. The van der Waals surface area contributed by atoms with Gasteiger partial charge in [-0.15, -0.1) is 0 Å². The van der Waals surface area contributed by atoms with E-state index >= 15 is 0 Å². The molecule has 0 unspecified atom stereocenters. The molecule has 1 aromatic carbocycles. The maximum absolute atomic E-state index is 11.4. The van der Waals surface area contributed by atoms with E-state index in [1.807, 2.05) is 0 Å². The molecule has 0 heterocycles. The number of ether oxygens (including phenoxy) is 1. The van der Waals surface area contributed by atoms with Gasteiger partial charge in [-0.1, -0.05) is 6.07 Å². The van der Waals surface area contributed by atoms with Gasteiger partial charge in [0.25, 0.3) is 0 Å². The molecule has 0 spiro atoms. The number of esters is 1. The lowest BCUT2D eigenvalue weighted by Crippen LogP contribution is -2.13. The zero-order chi connectivity index (χ0) is 12.8. The fraction of sp³-hybridized carbons (Fsp3) is 0.273. The average molecular weight is 238 g/mol. The van der Waals surface area contributed by atoms with Crippen molar-refractivity contribution in [1.82, 2.24) is 0 Å². The number of hydrazine groups is 1. The van der Waals surface area contributed by atoms with Crippen LogP contribution in [0.15, 0.2) is 18.2 Å². The highest BCUT2D eigenvalue weighted by Gasteiger charge is 2.11. The summed E-state index contributed by atoms with van der Waals surface area (Å²) in [7, 11) is 0. The van der Waals surface area contributed by atoms with E-state index in [1.54, 1.807) is 6.92 Å². The number of carboxylic acid groups (broad SMARTS) is 1. The quantitative estimate of drug-likeness (QED) is 0.398. The predicted molar refractivity (Wildman–Crippen MR) is 61.5 cm³/mol. The zero-order valence-corrected chi connectivity index (χ0v) is 9.40. The van der Waals surface area contributed by atoms with E-state index < -0.39 is 11.9 Å². The molecule has 17 heavy (non-hydrogen) atoms. The van der Waals surface area contributed by atoms with Gasteiger partial charge in [0.05, 0.1) is 24.3 Å². The fourth-order valence-corrected chi connectivity index (χ4v) is 1.37. The molecular formula is C11H14N2O4. The summed E-state index contributed by atoms with van der Waals surface area (Å²) < 4.78 is 4.82. The van der Waals surface area contributed by atoms with Crippen LogP contribution in [0.1, 0.15) is 22.8 Å². The molecular weight excluding hydrogens is 224 g/mol. The number of nitrogens with one attached hydrogen (secondary N) is 1. The molecule has 0 fully saturated rings. The van der Waals surface area contributed by atoms with Crippen molar-refractivity contribution in [2.45, 2.75) is 13.3 Å². The number of hydrogen-bond donors (Lipinski definition) is 3. The molecule has 0 aromatic heterocycles. The Kier molecular flexibility index (Phi) is 4.47. The molecule has 0 aliphatic rings. The maximum atomic E-state index is 11.4. The molecule has 4 N–H and O–H groups in total. The number of carbonyl (C=O) groups is 2. The second kappa shape index (κ2) is 5.86. The highest BCUT2D eigenvalue weighted by molar-refractivity contribution is 5.91. The van der Waals surface area contributed by atoms with Crippen molar-refractivity contribution in [1.29, 1.82) is 0 Å². The van der Waals surface area contributed by atoms with Gasteiger partial charge in [0.15, 0.2) is 0 Å². The summed E-state index contributed by atoms with van der Waals surface area (Å²) in [6, 6.07) is 4.52. The number of anilines is 1. The number of aliphatic carboxylic acids is 1. The number of carboxylic acids is 1. The van der Waals surface area contributed by atoms with Crippen LogP contribution in [0.4, 0.5) is 5.69 Å². The number of hydrogen-bond acceptors (Lipinski definition) is 5. The highest BCUT2D eigenvalue weighted by atomic mass is 16.5. The molecule has 0 saturated heterocycles. The number of nitrogens with two attached hydrogens (primary N) is 1. The number of rotatable bonds is 5. The molecule has 0 saturated carbocycles. The largest absolute Gasteiger partial charge is 0.481 e. The van der Waals surface area contributed by atoms with Crippen molar-refractivity contribution in [3.8, 4) is 0 Å². The molecule has 6 nitrogen and oxygen atoms in total. The molecule has 1 rings (SSSR count). The first-order valence-electron chi connectivity index (χ1n) is 5.07. The van der Waals surface area contributed by atoms with Crippen LogP contribution in [-0.2, 0) is 16.0 Å². The highest BCUT2D eigenvalue weighted by Crippen LogP contribution is 2.18. The number of carbonyl (C=O) groups excluding carboxylic acids is 1. The van der Waals surface area contributed by atoms with Crippen molar-refractivity contribution in [2.24, 2.45) is 5.84 Å². The molecule has 0 amide bonds. The van der Waals surface area contributed by atoms with Crippen molar-refractivity contribution in [3.63, 3.8) is 0 Å². The molecule has 0 aliphatic carbocycles. The van der Waals surface area contributed by atoms with Crippen LogP contribution in [0, 0.1) is 0 Å². The minimum atomic E-state index is -0.967. The Morgan fingerprint density at radius 3 is 2.71 bits per heavy atom. The van der Waals surface area contributed by atoms with E-state index in [0.717, 1.165) is 0 Å². The van der Waals surface area contributed by atoms with Crippen LogP contribution in [0.2, 0.25) is 0 Å². The van der Waals surface area contributed by atoms with Gasteiger partial charge in [-0.25, -0.2) is 4.79 Å². The monoisotopic (exact) mass is 238 g/mol. The lowest BCUT2D eigenvalue weighted by Gasteiger charge is -2.09. The van der Waals surface area contributed by atoms with E-state index in [4.69, 9.17) is 15.7 Å². The van der Waals surface area contributed by atoms with E-state index in [2.05, 4.69) is 5.43 Å². The average Bonchev–Trinajstić information content (AvgIpc) is 2.29. The third kappa shape index (κ3) is 3.46. The van der Waals surface area contributed by atoms with Gasteiger partial charge in [-0.2, -0.15) is 0 Å². The molecule has 0 bridgehead atoms. The molecule has 0 aliphatic heterocycles. The standard InChI is InChI=1S/C11H14N2O4/c1-2-17-11(16)8-4-3-7(6-10(14)15)9(5-8)13-12/h3-5,13H,2,6,12H2,1H3,(H,14,15). The topological polar surface area (TPSA) is 102 Å². The normalized spacial score (nSPS) is 9.76. The Balaban J connectivity index is 2.99. The van der Waals surface area contributed by atoms with E-state index in [9.17, 15) is 9.59 Å². The smallest absolute Gasteiger partial charge is 0.338 e. The van der Waals surface area contributed by atoms with E-state index in [1.165, 1.54) is 18.2 Å². The van der Waals surface area contributed by atoms with Gasteiger partial charge in [0.2, 0.25) is 0 Å². The van der Waals surface area contributed by atoms with Gasteiger partial charge in [-0.3, -0.25) is 10.6 Å². The Bertz CT molecular complexity index is 431. The predicted octanol–water partition coefficient (Wildman–Crippen LogP) is 0.776. The summed E-state index contributed by atoms with van der Waals surface area (Å²) in [6.45, 7) is 1.99. The molecule has 1 aromatic rings. The summed E-state index contributed by atoms with van der Waals surface area (Å²) >= 11 is 0. The third-order valence-electron chi connectivity index (χ3n) is 2.12. The summed E-state index contributed by atoms with van der Waals surface area (Å²) in [5.74, 6) is 3.84. The van der Waals surface area contributed by atoms with E-state index in [0.29, 0.717) is 16.8 Å². The van der Waals surface area contributed by atoms with Gasteiger partial charge >= 0.3 is 11.9 Å². The lowest BCUT2D eigenvalue weighted by atomic mass is 10.1. The van der Waals surface area contributed by atoms with Crippen LogP contribution in [0.3, 0.4) is 0 Å². The molecule has 0 atom stereocenters. The van der Waals surface area contributed by atoms with Gasteiger partial charge in [-0.05, 0) is 24.6 Å². The minimum Gasteiger partial charge on any atom is -0.481 e. The van der Waals surface area contributed by atoms with Crippen LogP contribution < -0.4 is 11.3 Å². The molecule has 92 valence electrons. The summed E-state index contributed by atoms with van der Waals surface area (Å²) in [4.78, 5) is 22.0. The van der Waals surface area contributed by atoms with Crippen molar-refractivity contribution in [2.75, 3.05) is 12.0 Å². The molecule has 0 radical (unpaired) electrons. The summed E-state index contributed by atoms with van der Waals surface area (Å²) in [6.07, 6.45) is -0.164. The first-order valence-corrected chi connectivity index (χ1v) is 5.07. The second-order valence-corrected chi connectivity index (χ2v) is 3.31. The number of benzene rings is 1. The Morgan fingerprint density at radius 1 is 1.47 bits per heavy atom. The van der Waals surface area contributed by atoms with Gasteiger partial charge in [0.1, 0.15) is 0 Å². The van der Waals surface area contributed by atoms with Crippen molar-refractivity contribution in [3.05, 3.63) is 29.3 Å². The first-order chi connectivity index (χ1) is 8.08. The number of nitrogen functional groups attached to an aromatic ring is 1. The first kappa shape index (κ1) is 13.0. The van der Waals surface area contributed by atoms with Crippen LogP contribution in [0.5, 0.6) is 0 Å². The van der Waals surface area contributed by atoms with Crippen molar-refractivity contribution < 1.29 is 19.4 Å². The lowest BCUT2D eigenvalue weighted by molar-refractivity contribution is -0.136. The molecule has 6 heteroatoms.